The minimum absolute atomic E-state index is 0.479. The second kappa shape index (κ2) is 10.9. The Morgan fingerprint density at radius 1 is 0.451 bits per heavy atom. The van der Waals surface area contributed by atoms with Crippen LogP contribution in [-0.4, -0.2) is 61.0 Å². The molecule has 3 aromatic heterocycles. The molecule has 0 saturated heterocycles. The van der Waals surface area contributed by atoms with E-state index in [2.05, 4.69) is 43.2 Å². The highest BCUT2D eigenvalue weighted by molar-refractivity contribution is 6.06. The Balaban J connectivity index is 1.31. The van der Waals surface area contributed by atoms with Crippen molar-refractivity contribution in [3.8, 4) is 57.1 Å². The molecule has 10 nitrogen and oxygen atoms in total. The molecule has 51 heavy (non-hydrogen) atoms. The number of ether oxygens (including phenoxy) is 1. The van der Waals surface area contributed by atoms with E-state index in [0.717, 1.165) is 55.2 Å². The van der Waals surface area contributed by atoms with Crippen molar-refractivity contribution in [3.05, 3.63) is 115 Å². The molecule has 244 valence electrons. The number of fused-ring (bicyclic) bond motifs is 20. The van der Waals surface area contributed by atoms with E-state index in [0.29, 0.717) is 56.1 Å². The van der Waals surface area contributed by atoms with Gasteiger partial charge in [-0.25, -0.2) is 29.9 Å². The zero-order chi connectivity index (χ0) is 34.3. The van der Waals surface area contributed by atoms with Crippen LogP contribution in [0.15, 0.2) is 115 Å². The number of rotatable bonds is 3. The summed E-state index contributed by atoms with van der Waals surface area (Å²) in [7, 11) is 6.39. The smallest absolute Gasteiger partial charge is 0.168 e. The summed E-state index contributed by atoms with van der Waals surface area (Å²) in [6, 6.07) is 38.2. The van der Waals surface area contributed by atoms with E-state index in [9.17, 15) is 0 Å². The van der Waals surface area contributed by atoms with Crippen LogP contribution in [0.2, 0.25) is 0 Å². The first kappa shape index (κ1) is 29.2. The van der Waals surface area contributed by atoms with Crippen molar-refractivity contribution < 1.29 is 4.74 Å². The summed E-state index contributed by atoms with van der Waals surface area (Å²) >= 11 is 0. The molecule has 2 aliphatic heterocycles. The van der Waals surface area contributed by atoms with Crippen LogP contribution in [0.1, 0.15) is 0 Å². The monoisotopic (exact) mass is 664 g/mol. The van der Waals surface area contributed by atoms with Crippen LogP contribution in [-0.2, 0) is 0 Å². The molecule has 0 fully saturated rings. The first-order chi connectivity index (χ1) is 24.9. The van der Waals surface area contributed by atoms with Gasteiger partial charge in [-0.1, -0.05) is 91.0 Å². The van der Waals surface area contributed by atoms with E-state index < -0.39 is 0 Å². The highest BCUT2D eigenvalue weighted by Crippen LogP contribution is 2.43. The number of nitrogens with one attached hydrogen (secondary N) is 2. The Morgan fingerprint density at radius 2 is 0.902 bits per heavy atom. The molecule has 2 N–H and O–H groups in total. The van der Waals surface area contributed by atoms with E-state index in [4.69, 9.17) is 34.6 Å². The summed E-state index contributed by atoms with van der Waals surface area (Å²) in [5, 5.41) is 3.66. The summed E-state index contributed by atoms with van der Waals surface area (Å²) in [5.41, 5.74) is 7.05. The molecular weight excluding hydrogens is 635 g/mol. The van der Waals surface area contributed by atoms with Crippen molar-refractivity contribution >= 4 is 49.8 Å². The molecule has 0 saturated carbocycles. The van der Waals surface area contributed by atoms with Crippen LogP contribution in [0.4, 0.5) is 5.69 Å². The molecular formula is C41H30N9O+. The number of aromatic nitrogens is 8. The second-order valence-electron chi connectivity index (χ2n) is 13.5. The fourth-order valence-corrected chi connectivity index (χ4v) is 6.83. The van der Waals surface area contributed by atoms with E-state index in [1.165, 1.54) is 0 Å². The maximum atomic E-state index is 6.65. The number of hydrogen-bond donors (Lipinski definition) is 2. The Kier molecular flexibility index (Phi) is 6.21. The molecule has 0 atom stereocenters. The lowest BCUT2D eigenvalue weighted by Gasteiger charge is -2.23. The quantitative estimate of drug-likeness (QED) is 0.181. The minimum atomic E-state index is 0.479. The fraction of sp³-hybridized carbons (Fsp3) is 0.0732. The van der Waals surface area contributed by atoms with Gasteiger partial charge in [-0.2, -0.15) is 0 Å². The molecule has 0 spiro atoms. The van der Waals surface area contributed by atoms with E-state index in [1.807, 2.05) is 103 Å². The van der Waals surface area contributed by atoms with Gasteiger partial charge in [-0.15, -0.1) is 0 Å². The van der Waals surface area contributed by atoms with Crippen molar-refractivity contribution in [1.29, 1.82) is 0 Å². The topological polar surface area (TPSA) is 118 Å². The summed E-state index contributed by atoms with van der Waals surface area (Å²) < 4.78 is 7.30. The average Bonchev–Trinajstić information content (AvgIpc) is 3.87. The minimum Gasteiger partial charge on any atom is -0.456 e. The van der Waals surface area contributed by atoms with Crippen molar-refractivity contribution in [2.45, 2.75) is 0 Å². The van der Waals surface area contributed by atoms with Crippen LogP contribution in [0.25, 0.3) is 89.7 Å². The number of nitrogens with zero attached hydrogens (tertiary/aromatic N) is 7. The molecule has 8 bridgehead atoms. The van der Waals surface area contributed by atoms with Gasteiger partial charge in [0.25, 0.3) is 0 Å². The molecule has 10 rings (SSSR count). The highest BCUT2D eigenvalue weighted by Gasteiger charge is 2.26. The highest BCUT2D eigenvalue weighted by atomic mass is 16.5. The maximum absolute atomic E-state index is 6.65. The zero-order valence-electron chi connectivity index (χ0n) is 28.0. The van der Waals surface area contributed by atoms with Crippen LogP contribution in [0.3, 0.4) is 0 Å². The SMILES string of the molecule is C[N+](C)(C)c1cccc(Oc2cccc3c2-c2nc-3nc3[nH]c(nc4nc(nc5[nH]c(n2)c2ccccc52)-c2ccccc2-4)c2ccccc32)c1. The third-order valence-electron chi connectivity index (χ3n) is 9.36. The molecule has 0 unspecified atom stereocenters. The van der Waals surface area contributed by atoms with Crippen LogP contribution in [0.5, 0.6) is 11.5 Å². The Bertz CT molecular complexity index is 2900. The number of aromatic amines is 2. The molecule has 8 aromatic rings. The first-order valence-corrected chi connectivity index (χ1v) is 16.7. The predicted molar refractivity (Wildman–Crippen MR) is 202 cm³/mol. The van der Waals surface area contributed by atoms with Gasteiger partial charge in [0.05, 0.1) is 26.7 Å². The second-order valence-corrected chi connectivity index (χ2v) is 13.5. The number of H-pyrrole nitrogens is 2. The van der Waals surface area contributed by atoms with E-state index >= 15 is 0 Å². The molecule has 0 aliphatic carbocycles. The van der Waals surface area contributed by atoms with E-state index in [-0.39, 0.29) is 0 Å². The molecule has 5 aromatic carbocycles. The summed E-state index contributed by atoms with van der Waals surface area (Å²) in [5.74, 6) is 3.49. The third kappa shape index (κ3) is 4.76. The van der Waals surface area contributed by atoms with Crippen LogP contribution >= 0.6 is 0 Å². The van der Waals surface area contributed by atoms with Crippen LogP contribution < -0.4 is 9.22 Å². The number of quaternary nitrogens is 1. The van der Waals surface area contributed by atoms with Crippen molar-refractivity contribution in [3.63, 3.8) is 0 Å². The first-order valence-electron chi connectivity index (χ1n) is 16.7. The van der Waals surface area contributed by atoms with Gasteiger partial charge in [-0.05, 0) is 18.2 Å². The largest absolute Gasteiger partial charge is 0.456 e. The molecule has 5 heterocycles. The molecule has 0 amide bonds. The van der Waals surface area contributed by atoms with Gasteiger partial charge in [0.1, 0.15) is 39.8 Å². The van der Waals surface area contributed by atoms with E-state index in [1.54, 1.807) is 0 Å². The average molecular weight is 665 g/mol. The van der Waals surface area contributed by atoms with Gasteiger partial charge < -0.3 is 14.7 Å². The Hall–Kier alpha value is -6.78. The fourth-order valence-electron chi connectivity index (χ4n) is 6.83. The summed E-state index contributed by atoms with van der Waals surface area (Å²) in [6.07, 6.45) is 0. The van der Waals surface area contributed by atoms with Crippen molar-refractivity contribution in [1.82, 2.24) is 44.4 Å². The number of benzene rings is 5. The van der Waals surface area contributed by atoms with Crippen molar-refractivity contribution in [2.24, 2.45) is 0 Å². The Labute approximate surface area is 291 Å². The summed E-state index contributed by atoms with van der Waals surface area (Å²) in [6.45, 7) is 0. The lowest BCUT2D eigenvalue weighted by molar-refractivity contribution is 0.467. The lowest BCUT2D eigenvalue weighted by atomic mass is 10.1. The van der Waals surface area contributed by atoms with Gasteiger partial charge in [0, 0.05) is 44.3 Å². The standard InChI is InChI=1S/C41H30N9O/c1-50(2,3)23-12-10-13-24(22-23)51-32-21-11-20-31-33(32)41-48-39-30-19-9-8-18-29(30)37(46-39)44-35-26-15-5-4-14-25(26)34(42-35)43-36-27-16-6-7-17-28(27)38(45-36)47-40(31)49-41/h4-22H,1-3H3,(H2,42,43,44,45,46,47,48,49)/q+1. The van der Waals surface area contributed by atoms with Crippen molar-refractivity contribution in [2.75, 3.05) is 21.1 Å². The maximum Gasteiger partial charge on any atom is 0.168 e. The molecule has 0 radical (unpaired) electrons. The third-order valence-corrected chi connectivity index (χ3v) is 9.36. The lowest BCUT2D eigenvalue weighted by Crippen LogP contribution is -2.34. The predicted octanol–water partition coefficient (Wildman–Crippen LogP) is 8.86. The summed E-state index contributed by atoms with van der Waals surface area (Å²) in [4.78, 5) is 37.5. The number of hydrogen-bond acceptors (Lipinski definition) is 7. The normalized spacial score (nSPS) is 12.2. The van der Waals surface area contributed by atoms with Gasteiger partial charge in [0.15, 0.2) is 23.3 Å². The molecule has 10 heteroatoms. The van der Waals surface area contributed by atoms with Gasteiger partial charge >= 0.3 is 0 Å². The molecule has 2 aliphatic rings. The van der Waals surface area contributed by atoms with Gasteiger partial charge in [-0.3, -0.25) is 4.48 Å². The van der Waals surface area contributed by atoms with Gasteiger partial charge in [0.2, 0.25) is 0 Å². The Morgan fingerprint density at radius 3 is 1.45 bits per heavy atom. The van der Waals surface area contributed by atoms with Crippen LogP contribution in [0, 0.1) is 0 Å². The zero-order valence-corrected chi connectivity index (χ0v) is 28.0.